The maximum atomic E-state index is 12.1. The van der Waals surface area contributed by atoms with Gasteiger partial charge in [-0.15, -0.1) is 0 Å². The molecule has 0 saturated carbocycles. The van der Waals surface area contributed by atoms with E-state index in [-0.39, 0.29) is 19.3 Å². The van der Waals surface area contributed by atoms with Gasteiger partial charge >= 0.3 is 5.97 Å². The van der Waals surface area contributed by atoms with Crippen LogP contribution in [0.3, 0.4) is 0 Å². The number of carbonyl (C=O) groups excluding carboxylic acids is 3. The molecule has 3 aromatic rings. The van der Waals surface area contributed by atoms with Gasteiger partial charge in [-0.2, -0.15) is 5.10 Å². The molecule has 2 aromatic carbocycles. The Morgan fingerprint density at radius 1 is 1.00 bits per heavy atom. The summed E-state index contributed by atoms with van der Waals surface area (Å²) in [7, 11) is 0. The standard InChI is InChI=1S/C29H31N3O6/c1-19(2)37-29(35)23-9-5-8-22(14-23)26-13-12-25(38-26)16-31-32-27(33)17-30-28(34)18-36-24-11-10-20-6-3-4-7-21(20)15-24/h5,8-16,19H,3-4,6-7,17-18H2,1-2H3,(H,30,34)(H,32,33)/b31-16-. The van der Waals surface area contributed by atoms with Gasteiger partial charge in [-0.3, -0.25) is 9.59 Å². The largest absolute Gasteiger partial charge is 0.484 e. The van der Waals surface area contributed by atoms with Crippen molar-refractivity contribution >= 4 is 24.0 Å². The molecule has 1 aromatic heterocycles. The third-order valence-corrected chi connectivity index (χ3v) is 5.87. The van der Waals surface area contributed by atoms with E-state index in [1.54, 1.807) is 44.2 Å². The molecule has 0 spiro atoms. The normalized spacial score (nSPS) is 12.7. The SMILES string of the molecule is CC(C)OC(=O)c1cccc(-c2ccc(/C=N\NC(=O)CNC(=O)COc3ccc4c(c3)CCCC4)o2)c1. The Bertz CT molecular complexity index is 1330. The van der Waals surface area contributed by atoms with Gasteiger partial charge in [-0.1, -0.05) is 18.2 Å². The first kappa shape index (κ1) is 26.7. The van der Waals surface area contributed by atoms with E-state index in [1.165, 1.54) is 30.2 Å². The summed E-state index contributed by atoms with van der Waals surface area (Å²) in [5.41, 5.74) is 6.08. The number of amides is 2. The lowest BCUT2D eigenvalue weighted by atomic mass is 9.92. The number of rotatable bonds is 10. The number of benzene rings is 2. The van der Waals surface area contributed by atoms with Crippen molar-refractivity contribution in [1.29, 1.82) is 0 Å². The van der Waals surface area contributed by atoms with Crippen LogP contribution in [0.4, 0.5) is 0 Å². The predicted molar refractivity (Wildman–Crippen MR) is 142 cm³/mol. The Hall–Kier alpha value is -4.40. The summed E-state index contributed by atoms with van der Waals surface area (Å²) in [6, 6.07) is 16.2. The third kappa shape index (κ3) is 7.55. The number of hydrazone groups is 1. The summed E-state index contributed by atoms with van der Waals surface area (Å²) in [6.45, 7) is 3.16. The monoisotopic (exact) mass is 517 g/mol. The molecule has 9 nitrogen and oxygen atoms in total. The number of hydrogen-bond donors (Lipinski definition) is 2. The third-order valence-electron chi connectivity index (χ3n) is 5.87. The summed E-state index contributed by atoms with van der Waals surface area (Å²) in [5.74, 6) is 0.273. The van der Waals surface area contributed by atoms with Gasteiger partial charge < -0.3 is 19.2 Å². The van der Waals surface area contributed by atoms with Crippen molar-refractivity contribution in [2.24, 2.45) is 5.10 Å². The highest BCUT2D eigenvalue weighted by molar-refractivity contribution is 5.91. The van der Waals surface area contributed by atoms with Crippen LogP contribution >= 0.6 is 0 Å². The highest BCUT2D eigenvalue weighted by Crippen LogP contribution is 2.25. The summed E-state index contributed by atoms with van der Waals surface area (Å²) in [4.78, 5) is 36.2. The van der Waals surface area contributed by atoms with Crippen molar-refractivity contribution in [3.05, 3.63) is 77.0 Å². The number of carbonyl (C=O) groups is 3. The van der Waals surface area contributed by atoms with Crippen LogP contribution in [0, 0.1) is 0 Å². The van der Waals surface area contributed by atoms with Crippen molar-refractivity contribution < 1.29 is 28.3 Å². The second-order valence-corrected chi connectivity index (χ2v) is 9.23. The molecular weight excluding hydrogens is 486 g/mol. The van der Waals surface area contributed by atoms with Crippen LogP contribution in [0.15, 0.2) is 64.1 Å². The molecule has 2 amide bonds. The molecule has 0 fully saturated rings. The highest BCUT2D eigenvalue weighted by Gasteiger charge is 2.13. The number of nitrogens with zero attached hydrogens (tertiary/aromatic N) is 1. The maximum Gasteiger partial charge on any atom is 0.338 e. The second-order valence-electron chi connectivity index (χ2n) is 9.23. The maximum absolute atomic E-state index is 12.1. The number of aryl methyl sites for hydroxylation is 2. The number of esters is 1. The van der Waals surface area contributed by atoms with Crippen molar-refractivity contribution in [3.63, 3.8) is 0 Å². The van der Waals surface area contributed by atoms with Crippen LogP contribution in [0.2, 0.25) is 0 Å². The Morgan fingerprint density at radius 3 is 2.63 bits per heavy atom. The lowest BCUT2D eigenvalue weighted by Crippen LogP contribution is -2.37. The first-order chi connectivity index (χ1) is 18.4. The van der Waals surface area contributed by atoms with E-state index in [1.807, 2.05) is 18.2 Å². The van der Waals surface area contributed by atoms with Crippen LogP contribution in [0.5, 0.6) is 5.75 Å². The quantitative estimate of drug-likeness (QED) is 0.238. The number of fused-ring (bicyclic) bond motifs is 1. The Labute approximate surface area is 221 Å². The molecule has 2 N–H and O–H groups in total. The number of furan rings is 1. The van der Waals surface area contributed by atoms with Gasteiger partial charge in [0.25, 0.3) is 11.8 Å². The van der Waals surface area contributed by atoms with Gasteiger partial charge in [0.15, 0.2) is 6.61 Å². The molecule has 0 bridgehead atoms. The van der Waals surface area contributed by atoms with E-state index in [4.69, 9.17) is 13.9 Å². The fourth-order valence-electron chi connectivity index (χ4n) is 4.04. The molecule has 0 atom stereocenters. The van der Waals surface area contributed by atoms with E-state index < -0.39 is 17.8 Å². The molecule has 0 aliphatic heterocycles. The topological polar surface area (TPSA) is 119 Å². The van der Waals surface area contributed by atoms with E-state index >= 15 is 0 Å². The minimum atomic E-state index is -0.494. The second kappa shape index (κ2) is 12.7. The number of ether oxygens (including phenoxy) is 2. The average molecular weight is 518 g/mol. The van der Waals surface area contributed by atoms with Crippen LogP contribution in [0.25, 0.3) is 11.3 Å². The van der Waals surface area contributed by atoms with Crippen molar-refractivity contribution in [2.45, 2.75) is 45.6 Å². The molecule has 0 saturated heterocycles. The minimum absolute atomic E-state index is 0.180. The molecule has 0 radical (unpaired) electrons. The minimum Gasteiger partial charge on any atom is -0.484 e. The van der Waals surface area contributed by atoms with Crippen molar-refractivity contribution in [2.75, 3.05) is 13.2 Å². The Kier molecular flexibility index (Phi) is 8.92. The van der Waals surface area contributed by atoms with Crippen LogP contribution in [-0.2, 0) is 27.2 Å². The molecule has 1 aliphatic carbocycles. The summed E-state index contributed by atoms with van der Waals surface area (Å²) in [5, 5.41) is 6.37. The molecule has 1 heterocycles. The predicted octanol–water partition coefficient (Wildman–Crippen LogP) is 4.04. The van der Waals surface area contributed by atoms with Gasteiger partial charge in [0, 0.05) is 5.56 Å². The van der Waals surface area contributed by atoms with Gasteiger partial charge in [0.2, 0.25) is 0 Å². The van der Waals surface area contributed by atoms with Gasteiger partial charge in [-0.25, -0.2) is 10.2 Å². The fraction of sp³-hybridized carbons (Fsp3) is 0.310. The van der Waals surface area contributed by atoms with Gasteiger partial charge in [0.1, 0.15) is 17.3 Å². The van der Waals surface area contributed by atoms with Crippen LogP contribution < -0.4 is 15.5 Å². The summed E-state index contributed by atoms with van der Waals surface area (Å²) >= 11 is 0. The molecular formula is C29H31N3O6. The van der Waals surface area contributed by atoms with Crippen molar-refractivity contribution in [1.82, 2.24) is 10.7 Å². The Balaban J connectivity index is 1.20. The first-order valence-electron chi connectivity index (χ1n) is 12.6. The molecule has 0 unspecified atom stereocenters. The first-order valence-corrected chi connectivity index (χ1v) is 12.6. The zero-order chi connectivity index (χ0) is 26.9. The lowest BCUT2D eigenvalue weighted by molar-refractivity contribution is -0.127. The molecule has 9 heteroatoms. The van der Waals surface area contributed by atoms with E-state index in [0.29, 0.717) is 28.4 Å². The number of hydrogen-bond acceptors (Lipinski definition) is 7. The van der Waals surface area contributed by atoms with E-state index in [0.717, 1.165) is 12.8 Å². The van der Waals surface area contributed by atoms with E-state index in [9.17, 15) is 14.4 Å². The molecule has 4 rings (SSSR count). The van der Waals surface area contributed by atoms with Crippen LogP contribution in [0.1, 0.15) is 53.9 Å². The van der Waals surface area contributed by atoms with Crippen LogP contribution in [-0.4, -0.2) is 43.3 Å². The van der Waals surface area contributed by atoms with E-state index in [2.05, 4.69) is 21.9 Å². The van der Waals surface area contributed by atoms with Gasteiger partial charge in [0.05, 0.1) is 24.4 Å². The fourth-order valence-corrected chi connectivity index (χ4v) is 4.04. The highest BCUT2D eigenvalue weighted by atomic mass is 16.5. The zero-order valence-electron chi connectivity index (χ0n) is 21.5. The molecule has 198 valence electrons. The Morgan fingerprint density at radius 2 is 1.82 bits per heavy atom. The summed E-state index contributed by atoms with van der Waals surface area (Å²) in [6.07, 6.45) is 5.62. The number of nitrogens with one attached hydrogen (secondary N) is 2. The lowest BCUT2D eigenvalue weighted by Gasteiger charge is -2.16. The smallest absolute Gasteiger partial charge is 0.338 e. The van der Waals surface area contributed by atoms with Gasteiger partial charge in [-0.05, 0) is 87.1 Å². The van der Waals surface area contributed by atoms with Crippen molar-refractivity contribution in [3.8, 4) is 17.1 Å². The molecule has 1 aliphatic rings. The average Bonchev–Trinajstić information content (AvgIpc) is 3.39. The summed E-state index contributed by atoms with van der Waals surface area (Å²) < 4.78 is 16.5. The zero-order valence-corrected chi connectivity index (χ0v) is 21.5. The molecule has 38 heavy (non-hydrogen) atoms.